The zero-order valence-electron chi connectivity index (χ0n) is 11.2. The number of hydrogen-bond donors (Lipinski definition) is 0. The van der Waals surface area contributed by atoms with Crippen LogP contribution in [-0.4, -0.2) is 38.1 Å². The van der Waals surface area contributed by atoms with Gasteiger partial charge in [0.25, 0.3) is 0 Å². The Bertz CT molecular complexity index is 295. The second kappa shape index (κ2) is 8.76. The number of likely N-dealkylation sites (N-methyl/N-ethyl adjacent to an activating group) is 1. The van der Waals surface area contributed by atoms with E-state index in [1.807, 2.05) is 31.2 Å². The molecule has 0 fully saturated rings. The summed E-state index contributed by atoms with van der Waals surface area (Å²) in [6.45, 7) is 8.64. The number of amides is 1. The van der Waals surface area contributed by atoms with Crippen molar-refractivity contribution in [2.24, 2.45) is 5.92 Å². The van der Waals surface area contributed by atoms with Gasteiger partial charge in [0, 0.05) is 26.6 Å². The van der Waals surface area contributed by atoms with Crippen molar-refractivity contribution in [3.05, 3.63) is 36.5 Å². The Morgan fingerprint density at radius 1 is 1.53 bits per heavy atom. The number of carbonyl (C=O) groups excluding carboxylic acids is 1. The summed E-state index contributed by atoms with van der Waals surface area (Å²) in [5, 5.41) is 0. The van der Waals surface area contributed by atoms with Crippen molar-refractivity contribution in [1.29, 1.82) is 0 Å². The van der Waals surface area contributed by atoms with Gasteiger partial charge in [-0.25, -0.2) is 0 Å². The molecule has 0 aliphatic heterocycles. The fourth-order valence-corrected chi connectivity index (χ4v) is 1.43. The Kier molecular flexibility index (Phi) is 8.07. The summed E-state index contributed by atoms with van der Waals surface area (Å²) in [5.74, 6) is 0.217. The fourth-order valence-electron chi connectivity index (χ4n) is 1.43. The molecule has 0 aromatic rings. The van der Waals surface area contributed by atoms with Crippen molar-refractivity contribution < 1.29 is 9.53 Å². The van der Waals surface area contributed by atoms with E-state index in [9.17, 15) is 4.79 Å². The summed E-state index contributed by atoms with van der Waals surface area (Å²) in [6.07, 6.45) is 8.64. The highest BCUT2D eigenvalue weighted by atomic mass is 16.5. The van der Waals surface area contributed by atoms with Crippen LogP contribution in [0.5, 0.6) is 0 Å². The molecule has 0 aliphatic rings. The van der Waals surface area contributed by atoms with Gasteiger partial charge in [-0.2, -0.15) is 0 Å². The molecule has 2 atom stereocenters. The second-order valence-electron chi connectivity index (χ2n) is 4.04. The lowest BCUT2D eigenvalue weighted by Crippen LogP contribution is -2.20. The van der Waals surface area contributed by atoms with Crippen molar-refractivity contribution in [3.63, 3.8) is 0 Å². The Labute approximate surface area is 104 Å². The van der Waals surface area contributed by atoms with Gasteiger partial charge >= 0.3 is 0 Å². The van der Waals surface area contributed by atoms with Crippen molar-refractivity contribution in [3.8, 4) is 0 Å². The highest BCUT2D eigenvalue weighted by molar-refractivity contribution is 5.46. The van der Waals surface area contributed by atoms with Gasteiger partial charge in [0.15, 0.2) is 0 Å². The van der Waals surface area contributed by atoms with E-state index in [0.29, 0.717) is 6.54 Å². The lowest BCUT2D eigenvalue weighted by molar-refractivity contribution is -0.116. The molecular formula is C14H23NO2. The molecule has 0 radical (unpaired) electrons. The Morgan fingerprint density at radius 3 is 2.65 bits per heavy atom. The zero-order valence-corrected chi connectivity index (χ0v) is 11.2. The van der Waals surface area contributed by atoms with Crippen LogP contribution in [0.3, 0.4) is 0 Å². The third-order valence-corrected chi connectivity index (χ3v) is 2.63. The third-order valence-electron chi connectivity index (χ3n) is 2.63. The lowest BCUT2D eigenvalue weighted by Gasteiger charge is -2.20. The highest BCUT2D eigenvalue weighted by Crippen LogP contribution is 2.17. The molecule has 0 aromatic heterocycles. The molecule has 0 aliphatic carbocycles. The number of hydrogen-bond acceptors (Lipinski definition) is 2. The summed E-state index contributed by atoms with van der Waals surface area (Å²) in [7, 11) is 3.42. The first-order chi connectivity index (χ1) is 8.06. The van der Waals surface area contributed by atoms with E-state index in [-0.39, 0.29) is 12.0 Å². The molecule has 0 saturated carbocycles. The maximum atomic E-state index is 10.4. The first kappa shape index (κ1) is 15.7. The minimum absolute atomic E-state index is 0.0150. The van der Waals surface area contributed by atoms with E-state index in [1.165, 1.54) is 0 Å². The molecule has 0 saturated heterocycles. The van der Waals surface area contributed by atoms with E-state index in [0.717, 1.165) is 12.0 Å². The Balaban J connectivity index is 4.41. The van der Waals surface area contributed by atoms with Crippen molar-refractivity contribution in [1.82, 2.24) is 4.90 Å². The molecule has 17 heavy (non-hydrogen) atoms. The molecule has 3 nitrogen and oxygen atoms in total. The summed E-state index contributed by atoms with van der Waals surface area (Å²) in [5.41, 5.74) is 1.03. The van der Waals surface area contributed by atoms with Crippen LogP contribution in [0.2, 0.25) is 0 Å². The number of allylic oxidation sites excluding steroid dienone is 2. The number of rotatable bonds is 8. The van der Waals surface area contributed by atoms with Crippen LogP contribution in [0.1, 0.15) is 13.8 Å². The van der Waals surface area contributed by atoms with E-state index < -0.39 is 0 Å². The van der Waals surface area contributed by atoms with E-state index in [2.05, 4.69) is 13.5 Å². The van der Waals surface area contributed by atoms with E-state index >= 15 is 0 Å². The van der Waals surface area contributed by atoms with Crippen LogP contribution in [0.25, 0.3) is 0 Å². The fraction of sp³-hybridized carbons (Fsp3) is 0.500. The van der Waals surface area contributed by atoms with Gasteiger partial charge in [0.2, 0.25) is 6.41 Å². The summed E-state index contributed by atoms with van der Waals surface area (Å²) < 4.78 is 5.41. The Hall–Kier alpha value is -1.35. The second-order valence-corrected chi connectivity index (χ2v) is 4.04. The average molecular weight is 237 g/mol. The van der Waals surface area contributed by atoms with Crippen LogP contribution in [-0.2, 0) is 9.53 Å². The molecule has 1 amide bonds. The minimum atomic E-state index is -0.0150. The Morgan fingerprint density at radius 2 is 2.18 bits per heavy atom. The molecule has 96 valence electrons. The lowest BCUT2D eigenvalue weighted by atomic mass is 9.95. The molecule has 0 rings (SSSR count). The number of methoxy groups -OCH3 is 1. The van der Waals surface area contributed by atoms with Crippen LogP contribution in [0.4, 0.5) is 0 Å². The molecule has 0 heterocycles. The summed E-state index contributed by atoms with van der Waals surface area (Å²) >= 11 is 0. The predicted molar refractivity (Wildman–Crippen MR) is 71.7 cm³/mol. The molecular weight excluding hydrogens is 214 g/mol. The van der Waals surface area contributed by atoms with E-state index in [4.69, 9.17) is 4.74 Å². The van der Waals surface area contributed by atoms with Gasteiger partial charge < -0.3 is 9.64 Å². The SMILES string of the molecule is C=C(/C=C\C)C(C)C(/C=C/CN(C)C=O)OC. The van der Waals surface area contributed by atoms with Gasteiger partial charge in [-0.05, 0) is 12.5 Å². The topological polar surface area (TPSA) is 29.5 Å². The van der Waals surface area contributed by atoms with Crippen molar-refractivity contribution in [2.45, 2.75) is 20.0 Å². The first-order valence-electron chi connectivity index (χ1n) is 5.73. The highest BCUT2D eigenvalue weighted by Gasteiger charge is 2.14. The van der Waals surface area contributed by atoms with Crippen molar-refractivity contribution in [2.75, 3.05) is 20.7 Å². The van der Waals surface area contributed by atoms with Gasteiger partial charge in [0.1, 0.15) is 0 Å². The standard InChI is InChI=1S/C14H23NO2/c1-6-8-12(2)13(3)14(17-5)9-7-10-15(4)11-16/h6-9,11,13-14H,2,10H2,1,3-5H3/b8-6-,9-7+. The van der Waals surface area contributed by atoms with Crippen molar-refractivity contribution >= 4 is 6.41 Å². The maximum Gasteiger partial charge on any atom is 0.209 e. The predicted octanol–water partition coefficient (Wildman–Crippen LogP) is 2.41. The normalized spacial score (nSPS) is 15.1. The quantitative estimate of drug-likeness (QED) is 0.368. The zero-order chi connectivity index (χ0) is 13.3. The van der Waals surface area contributed by atoms with Crippen LogP contribution >= 0.6 is 0 Å². The number of nitrogens with zero attached hydrogens (tertiary/aromatic N) is 1. The van der Waals surface area contributed by atoms with Crippen LogP contribution in [0, 0.1) is 5.92 Å². The summed E-state index contributed by atoms with van der Waals surface area (Å²) in [4.78, 5) is 12.0. The molecule has 0 spiro atoms. The van der Waals surface area contributed by atoms with Gasteiger partial charge in [-0.1, -0.05) is 37.8 Å². The van der Waals surface area contributed by atoms with Gasteiger partial charge in [-0.3, -0.25) is 4.79 Å². The average Bonchev–Trinajstić information content (AvgIpc) is 2.33. The summed E-state index contributed by atoms with van der Waals surface area (Å²) in [6, 6.07) is 0. The number of carbonyl (C=O) groups is 1. The smallest absolute Gasteiger partial charge is 0.209 e. The monoisotopic (exact) mass is 237 g/mol. The molecule has 0 aromatic carbocycles. The molecule has 3 heteroatoms. The molecule has 0 N–H and O–H groups in total. The van der Waals surface area contributed by atoms with Gasteiger partial charge in [-0.15, -0.1) is 0 Å². The van der Waals surface area contributed by atoms with Crippen LogP contribution < -0.4 is 0 Å². The minimum Gasteiger partial charge on any atom is -0.377 e. The molecule has 2 unspecified atom stereocenters. The largest absolute Gasteiger partial charge is 0.377 e. The van der Waals surface area contributed by atoms with Crippen LogP contribution in [0.15, 0.2) is 36.5 Å². The number of ether oxygens (including phenoxy) is 1. The third kappa shape index (κ3) is 6.07. The first-order valence-corrected chi connectivity index (χ1v) is 5.73. The maximum absolute atomic E-state index is 10.4. The molecule has 0 bridgehead atoms. The van der Waals surface area contributed by atoms with Gasteiger partial charge in [0.05, 0.1) is 6.10 Å². The van der Waals surface area contributed by atoms with E-state index in [1.54, 1.807) is 19.1 Å².